The Morgan fingerprint density at radius 3 is 2.86 bits per heavy atom. The van der Waals surface area contributed by atoms with Crippen LogP contribution >= 0.6 is 11.3 Å². The summed E-state index contributed by atoms with van der Waals surface area (Å²) in [6.07, 6.45) is 1.30. The van der Waals surface area contributed by atoms with E-state index in [9.17, 15) is 9.59 Å². The molecule has 2 aromatic rings. The molecule has 2 aromatic heterocycles. The van der Waals surface area contributed by atoms with E-state index in [0.717, 1.165) is 5.52 Å². The first-order chi connectivity index (χ1) is 10.3. The van der Waals surface area contributed by atoms with Gasteiger partial charge in [-0.1, -0.05) is 0 Å². The molecular formula is C15H19N3O3S. The molecule has 22 heavy (non-hydrogen) atoms. The molecule has 1 fully saturated rings. The first-order valence-electron chi connectivity index (χ1n) is 7.24. The van der Waals surface area contributed by atoms with Crippen molar-refractivity contribution >= 4 is 27.6 Å². The van der Waals surface area contributed by atoms with Crippen molar-refractivity contribution in [3.63, 3.8) is 0 Å². The second-order valence-corrected chi connectivity index (χ2v) is 7.50. The summed E-state index contributed by atoms with van der Waals surface area (Å²) in [5.74, 6) is 0.268. The van der Waals surface area contributed by atoms with Crippen molar-refractivity contribution in [3.05, 3.63) is 28.1 Å². The number of aromatic nitrogens is 2. The summed E-state index contributed by atoms with van der Waals surface area (Å²) >= 11 is 1.41. The fourth-order valence-electron chi connectivity index (χ4n) is 2.45. The van der Waals surface area contributed by atoms with E-state index in [1.165, 1.54) is 11.3 Å². The Morgan fingerprint density at radius 2 is 2.18 bits per heavy atom. The number of hydrogen-bond donors (Lipinski definition) is 0. The highest BCUT2D eigenvalue weighted by Crippen LogP contribution is 2.21. The number of carbonyl (C=O) groups is 1. The number of nitrogens with zero attached hydrogens (tertiary/aromatic N) is 3. The molecule has 0 saturated carbocycles. The summed E-state index contributed by atoms with van der Waals surface area (Å²) in [5.41, 5.74) is 0.263. The molecule has 0 aromatic carbocycles. The topological polar surface area (TPSA) is 64.4 Å². The predicted molar refractivity (Wildman–Crippen MR) is 85.2 cm³/mol. The molecule has 6 nitrogen and oxygen atoms in total. The van der Waals surface area contributed by atoms with Gasteiger partial charge in [0.05, 0.1) is 11.8 Å². The number of fused-ring (bicyclic) bond motifs is 1. The lowest BCUT2D eigenvalue weighted by Gasteiger charge is -2.39. The zero-order valence-corrected chi connectivity index (χ0v) is 13.7. The van der Waals surface area contributed by atoms with Crippen molar-refractivity contribution < 1.29 is 9.53 Å². The number of likely N-dealkylation sites (tertiary alicyclic amines) is 1. The molecule has 0 atom stereocenters. The molecule has 0 unspecified atom stereocenters. The van der Waals surface area contributed by atoms with Crippen LogP contribution in [0.4, 0.5) is 4.79 Å². The van der Waals surface area contributed by atoms with Crippen LogP contribution in [0.25, 0.3) is 10.2 Å². The van der Waals surface area contributed by atoms with Gasteiger partial charge in [0, 0.05) is 25.6 Å². The second kappa shape index (κ2) is 5.39. The summed E-state index contributed by atoms with van der Waals surface area (Å²) in [6, 6.07) is 1.85. The smallest absolute Gasteiger partial charge is 0.410 e. The van der Waals surface area contributed by atoms with Crippen LogP contribution in [0.15, 0.2) is 22.6 Å². The average Bonchev–Trinajstić information content (AvgIpc) is 2.82. The van der Waals surface area contributed by atoms with E-state index >= 15 is 0 Å². The summed E-state index contributed by atoms with van der Waals surface area (Å²) in [6.45, 7) is 7.36. The Hall–Kier alpha value is -1.89. The van der Waals surface area contributed by atoms with Gasteiger partial charge in [-0.25, -0.2) is 9.78 Å². The van der Waals surface area contributed by atoms with Crippen LogP contribution < -0.4 is 5.56 Å². The molecule has 3 heterocycles. The molecule has 1 aliphatic heterocycles. The van der Waals surface area contributed by atoms with Crippen LogP contribution in [0.3, 0.4) is 0 Å². The third-order valence-corrected chi connectivity index (χ3v) is 4.39. The molecule has 0 bridgehead atoms. The maximum absolute atomic E-state index is 12.3. The standard InChI is InChI=1S/C15H19N3O3S/c1-15(2,3)21-14(20)17-6-10(7-17)8-18-9-16-11-4-5-22-12(11)13(18)19/h4-5,9-10H,6-8H2,1-3H3. The molecule has 118 valence electrons. The first-order valence-corrected chi connectivity index (χ1v) is 8.12. The van der Waals surface area contributed by atoms with Gasteiger partial charge in [0.25, 0.3) is 5.56 Å². The average molecular weight is 321 g/mol. The first kappa shape index (κ1) is 15.0. The van der Waals surface area contributed by atoms with Crippen molar-refractivity contribution in [3.8, 4) is 0 Å². The van der Waals surface area contributed by atoms with Crippen molar-refractivity contribution in [2.24, 2.45) is 5.92 Å². The largest absolute Gasteiger partial charge is 0.444 e. The molecule has 0 N–H and O–H groups in total. The maximum atomic E-state index is 12.3. The molecule has 1 amide bonds. The van der Waals surface area contributed by atoms with Gasteiger partial charge in [-0.05, 0) is 32.2 Å². The highest BCUT2D eigenvalue weighted by molar-refractivity contribution is 7.17. The minimum Gasteiger partial charge on any atom is -0.444 e. The quantitative estimate of drug-likeness (QED) is 0.851. The monoisotopic (exact) mass is 321 g/mol. The molecule has 0 radical (unpaired) electrons. The fourth-order valence-corrected chi connectivity index (χ4v) is 3.24. The van der Waals surface area contributed by atoms with E-state index in [1.54, 1.807) is 15.8 Å². The van der Waals surface area contributed by atoms with E-state index in [2.05, 4.69) is 4.98 Å². The lowest BCUT2D eigenvalue weighted by Crippen LogP contribution is -2.53. The normalized spacial score (nSPS) is 15.9. The highest BCUT2D eigenvalue weighted by Gasteiger charge is 2.33. The molecule has 1 saturated heterocycles. The minimum absolute atomic E-state index is 0.00396. The van der Waals surface area contributed by atoms with E-state index in [4.69, 9.17) is 4.74 Å². The van der Waals surface area contributed by atoms with Crippen molar-refractivity contribution in [2.75, 3.05) is 13.1 Å². The molecule has 0 spiro atoms. The fraction of sp³-hybridized carbons (Fsp3) is 0.533. The van der Waals surface area contributed by atoms with Crippen LogP contribution in [-0.2, 0) is 11.3 Å². The predicted octanol–water partition coefficient (Wildman–Crippen LogP) is 2.32. The third kappa shape index (κ3) is 2.99. The second-order valence-electron chi connectivity index (χ2n) is 6.59. The minimum atomic E-state index is -0.479. The van der Waals surface area contributed by atoms with Crippen molar-refractivity contribution in [2.45, 2.75) is 32.9 Å². The van der Waals surface area contributed by atoms with Gasteiger partial charge >= 0.3 is 6.09 Å². The summed E-state index contributed by atoms with van der Waals surface area (Å²) in [5, 5.41) is 1.87. The van der Waals surface area contributed by atoms with Gasteiger partial charge in [0.15, 0.2) is 0 Å². The lowest BCUT2D eigenvalue weighted by atomic mass is 10.0. The number of amides is 1. The van der Waals surface area contributed by atoms with Gasteiger partial charge in [-0.2, -0.15) is 0 Å². The van der Waals surface area contributed by atoms with Gasteiger partial charge in [0.2, 0.25) is 0 Å². The lowest BCUT2D eigenvalue weighted by molar-refractivity contribution is -0.00347. The Kier molecular flexibility index (Phi) is 3.68. The number of hydrogen-bond acceptors (Lipinski definition) is 5. The number of carbonyl (C=O) groups excluding carboxylic acids is 1. The van der Waals surface area contributed by atoms with Gasteiger partial charge < -0.3 is 9.64 Å². The Balaban J connectivity index is 1.61. The van der Waals surface area contributed by atoms with Gasteiger partial charge in [0.1, 0.15) is 10.3 Å². The summed E-state index contributed by atoms with van der Waals surface area (Å²) in [7, 11) is 0. The van der Waals surface area contributed by atoms with Gasteiger partial charge in [-0.15, -0.1) is 11.3 Å². The van der Waals surface area contributed by atoms with Crippen molar-refractivity contribution in [1.82, 2.24) is 14.5 Å². The molecule has 1 aliphatic rings. The van der Waals surface area contributed by atoms with E-state index in [0.29, 0.717) is 24.3 Å². The highest BCUT2D eigenvalue weighted by atomic mass is 32.1. The van der Waals surface area contributed by atoms with E-state index < -0.39 is 5.60 Å². The summed E-state index contributed by atoms with van der Waals surface area (Å²) < 4.78 is 7.64. The molecular weight excluding hydrogens is 302 g/mol. The zero-order valence-electron chi connectivity index (χ0n) is 12.9. The van der Waals surface area contributed by atoms with Crippen LogP contribution in [-0.4, -0.2) is 39.2 Å². The Bertz CT molecular complexity index is 753. The zero-order chi connectivity index (χ0) is 15.9. The number of thiophene rings is 1. The van der Waals surface area contributed by atoms with Crippen molar-refractivity contribution in [1.29, 1.82) is 0 Å². The maximum Gasteiger partial charge on any atom is 0.410 e. The Labute approximate surface area is 132 Å². The van der Waals surface area contributed by atoms with Gasteiger partial charge in [-0.3, -0.25) is 9.36 Å². The van der Waals surface area contributed by atoms with E-state index in [-0.39, 0.29) is 17.6 Å². The molecule has 0 aliphatic carbocycles. The molecule has 7 heteroatoms. The van der Waals surface area contributed by atoms with Crippen LogP contribution in [0.5, 0.6) is 0 Å². The van der Waals surface area contributed by atoms with Crippen LogP contribution in [0, 0.1) is 5.92 Å². The molecule has 3 rings (SSSR count). The van der Waals surface area contributed by atoms with Crippen LogP contribution in [0.1, 0.15) is 20.8 Å². The summed E-state index contributed by atoms with van der Waals surface area (Å²) in [4.78, 5) is 30.1. The Morgan fingerprint density at radius 1 is 1.45 bits per heavy atom. The van der Waals surface area contributed by atoms with E-state index in [1.807, 2.05) is 32.2 Å². The third-order valence-electron chi connectivity index (χ3n) is 3.50. The van der Waals surface area contributed by atoms with Crippen LogP contribution in [0.2, 0.25) is 0 Å². The number of rotatable bonds is 2. The SMILES string of the molecule is CC(C)(C)OC(=O)N1CC(Cn2cnc3ccsc3c2=O)C1. The number of ether oxygens (including phenoxy) is 1.